The molecule has 17 heavy (non-hydrogen) atoms. The molecule has 0 radical (unpaired) electrons. The topological polar surface area (TPSA) is 43.1 Å². The normalized spacial score (nSPS) is 9.47. The maximum absolute atomic E-state index is 10.4. The molecule has 0 bridgehead atoms. The van der Waals surface area contributed by atoms with Gasteiger partial charge < -0.3 is 0 Å². The van der Waals surface area contributed by atoms with E-state index in [0.717, 1.165) is 5.56 Å². The SMILES string of the molecule is CC.C[Si](C)(C)C#Cc1ccc([N+](=O)[O-])cc1. The predicted octanol–water partition coefficient (Wildman–Crippen LogP) is 3.85. The molecule has 0 aromatic heterocycles. The van der Waals surface area contributed by atoms with E-state index in [1.165, 1.54) is 12.1 Å². The molecule has 0 unspecified atom stereocenters. The molecule has 0 amide bonds. The maximum atomic E-state index is 10.4. The third-order valence-electron chi connectivity index (χ3n) is 1.66. The van der Waals surface area contributed by atoms with Crippen molar-refractivity contribution < 1.29 is 4.92 Å². The van der Waals surface area contributed by atoms with E-state index in [2.05, 4.69) is 31.1 Å². The Labute approximate surface area is 104 Å². The average Bonchev–Trinajstić information content (AvgIpc) is 2.29. The summed E-state index contributed by atoms with van der Waals surface area (Å²) in [6.45, 7) is 10.5. The smallest absolute Gasteiger partial charge is 0.258 e. The molecule has 0 fully saturated rings. The van der Waals surface area contributed by atoms with Crippen LogP contribution in [0.15, 0.2) is 24.3 Å². The number of hydrogen-bond acceptors (Lipinski definition) is 2. The number of hydrogen-bond donors (Lipinski definition) is 0. The number of non-ortho nitro benzene ring substituents is 1. The van der Waals surface area contributed by atoms with Crippen molar-refractivity contribution in [1.82, 2.24) is 0 Å². The van der Waals surface area contributed by atoms with Crippen LogP contribution in [-0.2, 0) is 0 Å². The van der Waals surface area contributed by atoms with Crippen LogP contribution in [0.2, 0.25) is 19.6 Å². The van der Waals surface area contributed by atoms with Gasteiger partial charge in [0, 0.05) is 17.7 Å². The van der Waals surface area contributed by atoms with Crippen LogP contribution in [0.3, 0.4) is 0 Å². The number of nitro benzene ring substituents is 1. The molecular weight excluding hydrogens is 230 g/mol. The lowest BCUT2D eigenvalue weighted by atomic mass is 10.2. The molecule has 0 saturated heterocycles. The van der Waals surface area contributed by atoms with Gasteiger partial charge in [-0.15, -0.1) is 5.54 Å². The van der Waals surface area contributed by atoms with Crippen molar-refractivity contribution in [3.8, 4) is 11.5 Å². The summed E-state index contributed by atoms with van der Waals surface area (Å²) in [4.78, 5) is 10.00. The highest BCUT2D eigenvalue weighted by molar-refractivity contribution is 6.83. The molecule has 0 aliphatic heterocycles. The number of nitro groups is 1. The van der Waals surface area contributed by atoms with E-state index >= 15 is 0 Å². The third kappa shape index (κ3) is 6.54. The molecule has 0 atom stereocenters. The van der Waals surface area contributed by atoms with E-state index in [4.69, 9.17) is 0 Å². The molecule has 4 heteroatoms. The first-order valence-electron chi connectivity index (χ1n) is 5.66. The second-order valence-corrected chi connectivity index (χ2v) is 9.05. The van der Waals surface area contributed by atoms with Crippen molar-refractivity contribution in [3.05, 3.63) is 39.9 Å². The molecule has 0 N–H and O–H groups in total. The van der Waals surface area contributed by atoms with E-state index in [1.807, 2.05) is 13.8 Å². The second kappa shape index (κ2) is 6.87. The summed E-state index contributed by atoms with van der Waals surface area (Å²) in [6.07, 6.45) is 0. The molecule has 0 saturated carbocycles. The van der Waals surface area contributed by atoms with Crippen LogP contribution < -0.4 is 0 Å². The largest absolute Gasteiger partial charge is 0.269 e. The Hall–Kier alpha value is -1.60. The van der Waals surface area contributed by atoms with E-state index in [1.54, 1.807) is 12.1 Å². The Morgan fingerprint density at radius 2 is 1.59 bits per heavy atom. The van der Waals surface area contributed by atoms with Gasteiger partial charge in [-0.3, -0.25) is 10.1 Å². The highest BCUT2D eigenvalue weighted by atomic mass is 28.3. The van der Waals surface area contributed by atoms with Crippen molar-refractivity contribution in [2.75, 3.05) is 0 Å². The summed E-state index contributed by atoms with van der Waals surface area (Å²) < 4.78 is 0. The summed E-state index contributed by atoms with van der Waals surface area (Å²) in [5.74, 6) is 3.04. The van der Waals surface area contributed by atoms with Crippen LogP contribution >= 0.6 is 0 Å². The van der Waals surface area contributed by atoms with Crippen LogP contribution in [0.1, 0.15) is 19.4 Å². The van der Waals surface area contributed by atoms with Gasteiger partial charge in [-0.25, -0.2) is 0 Å². The summed E-state index contributed by atoms with van der Waals surface area (Å²) in [5, 5.41) is 10.4. The lowest BCUT2D eigenvalue weighted by molar-refractivity contribution is -0.384. The minimum absolute atomic E-state index is 0.105. The van der Waals surface area contributed by atoms with Gasteiger partial charge in [0.15, 0.2) is 0 Å². The van der Waals surface area contributed by atoms with Crippen LogP contribution in [0.5, 0.6) is 0 Å². The lowest BCUT2D eigenvalue weighted by Crippen LogP contribution is -2.16. The van der Waals surface area contributed by atoms with Crippen LogP contribution in [-0.4, -0.2) is 13.0 Å². The van der Waals surface area contributed by atoms with Gasteiger partial charge in [-0.2, -0.15) is 0 Å². The van der Waals surface area contributed by atoms with Crippen molar-refractivity contribution in [3.63, 3.8) is 0 Å². The Morgan fingerprint density at radius 3 is 1.94 bits per heavy atom. The molecule has 0 heterocycles. The predicted molar refractivity (Wildman–Crippen MR) is 74.7 cm³/mol. The minimum atomic E-state index is -1.37. The fourth-order valence-corrected chi connectivity index (χ4v) is 1.45. The molecule has 0 spiro atoms. The zero-order valence-corrected chi connectivity index (χ0v) is 12.1. The van der Waals surface area contributed by atoms with Gasteiger partial charge in [0.25, 0.3) is 5.69 Å². The van der Waals surface area contributed by atoms with E-state index < -0.39 is 13.0 Å². The van der Waals surface area contributed by atoms with Gasteiger partial charge in [-0.1, -0.05) is 39.4 Å². The third-order valence-corrected chi connectivity index (χ3v) is 2.53. The Balaban J connectivity index is 0.00000121. The minimum Gasteiger partial charge on any atom is -0.258 e. The molecule has 3 nitrogen and oxygen atoms in total. The Kier molecular flexibility index (Phi) is 6.22. The van der Waals surface area contributed by atoms with E-state index in [-0.39, 0.29) is 5.69 Å². The summed E-state index contributed by atoms with van der Waals surface area (Å²) in [7, 11) is -1.37. The maximum Gasteiger partial charge on any atom is 0.269 e. The molecule has 0 aliphatic rings. The summed E-state index contributed by atoms with van der Waals surface area (Å²) >= 11 is 0. The molecule has 1 aromatic rings. The van der Waals surface area contributed by atoms with Gasteiger partial charge in [-0.05, 0) is 12.1 Å². The highest BCUT2D eigenvalue weighted by Crippen LogP contribution is 2.11. The quantitative estimate of drug-likeness (QED) is 0.328. The Morgan fingerprint density at radius 1 is 1.12 bits per heavy atom. The van der Waals surface area contributed by atoms with Crippen LogP contribution in [0, 0.1) is 21.6 Å². The fraction of sp³-hybridized carbons (Fsp3) is 0.385. The Bertz CT molecular complexity index is 421. The molecule has 1 rings (SSSR count). The first kappa shape index (κ1) is 15.4. The van der Waals surface area contributed by atoms with Crippen molar-refractivity contribution >= 4 is 13.8 Å². The fourth-order valence-electron chi connectivity index (χ4n) is 0.926. The molecular formula is C13H19NO2Si. The first-order valence-corrected chi connectivity index (χ1v) is 9.16. The summed E-state index contributed by atoms with van der Waals surface area (Å²) in [6, 6.07) is 6.33. The number of benzene rings is 1. The van der Waals surface area contributed by atoms with Gasteiger partial charge in [0.1, 0.15) is 8.07 Å². The van der Waals surface area contributed by atoms with Crippen molar-refractivity contribution in [2.45, 2.75) is 33.5 Å². The second-order valence-electron chi connectivity index (χ2n) is 4.30. The average molecular weight is 249 g/mol. The molecule has 1 aromatic carbocycles. The van der Waals surface area contributed by atoms with Crippen LogP contribution in [0.4, 0.5) is 5.69 Å². The van der Waals surface area contributed by atoms with Crippen molar-refractivity contribution in [2.24, 2.45) is 0 Å². The molecule has 92 valence electrons. The van der Waals surface area contributed by atoms with Gasteiger partial charge in [0.2, 0.25) is 0 Å². The van der Waals surface area contributed by atoms with E-state index in [9.17, 15) is 10.1 Å². The van der Waals surface area contributed by atoms with Crippen molar-refractivity contribution in [1.29, 1.82) is 0 Å². The lowest BCUT2D eigenvalue weighted by Gasteiger charge is -2.03. The zero-order valence-electron chi connectivity index (χ0n) is 11.1. The summed E-state index contributed by atoms with van der Waals surface area (Å²) in [5.41, 5.74) is 4.15. The first-order chi connectivity index (χ1) is 7.88. The standard InChI is InChI=1S/C11H13NO2Si.C2H6/c1-15(2,3)9-8-10-4-6-11(7-5-10)12(13)14;1-2/h4-7H,1-3H3;1-2H3. The van der Waals surface area contributed by atoms with Gasteiger partial charge >= 0.3 is 0 Å². The molecule has 0 aliphatic carbocycles. The number of nitrogens with zero attached hydrogens (tertiary/aromatic N) is 1. The monoisotopic (exact) mass is 249 g/mol. The number of rotatable bonds is 1. The highest BCUT2D eigenvalue weighted by Gasteiger charge is 2.07. The van der Waals surface area contributed by atoms with Crippen LogP contribution in [0.25, 0.3) is 0 Å². The van der Waals surface area contributed by atoms with E-state index in [0.29, 0.717) is 0 Å². The zero-order chi connectivity index (χ0) is 13.5. The van der Waals surface area contributed by atoms with Gasteiger partial charge in [0.05, 0.1) is 4.92 Å².